The smallest absolute Gasteiger partial charge is 0.262 e. The van der Waals surface area contributed by atoms with Gasteiger partial charge in [0.1, 0.15) is 5.25 Å². The fraction of sp³-hybridized carbons (Fsp3) is 0.267. The summed E-state index contributed by atoms with van der Waals surface area (Å²) in [6.45, 7) is 8.11. The molecule has 6 nitrogen and oxygen atoms in total. The summed E-state index contributed by atoms with van der Waals surface area (Å²) < 4.78 is 0. The predicted molar refractivity (Wildman–Crippen MR) is 151 cm³/mol. The van der Waals surface area contributed by atoms with Crippen LogP contribution in [0.25, 0.3) is 0 Å². The molecule has 3 aromatic carbocycles. The first kappa shape index (κ1) is 25.0. The van der Waals surface area contributed by atoms with Crippen LogP contribution in [0.5, 0.6) is 0 Å². The molecule has 3 aromatic rings. The number of aryl methyl sites for hydroxylation is 4. The number of thioether (sulfide) groups is 1. The maximum atomic E-state index is 12.9. The van der Waals surface area contributed by atoms with E-state index in [-0.39, 0.29) is 24.3 Å². The van der Waals surface area contributed by atoms with Gasteiger partial charge in [0.25, 0.3) is 5.91 Å². The number of hydrogen-bond donors (Lipinski definition) is 1. The van der Waals surface area contributed by atoms with Crippen LogP contribution in [0, 0.1) is 27.7 Å². The number of anilines is 1. The fourth-order valence-corrected chi connectivity index (χ4v) is 5.75. The van der Waals surface area contributed by atoms with Gasteiger partial charge in [-0.3, -0.25) is 9.59 Å². The van der Waals surface area contributed by atoms with Crippen LogP contribution in [0.2, 0.25) is 0 Å². The Morgan fingerprint density at radius 2 is 1.54 bits per heavy atom. The summed E-state index contributed by atoms with van der Waals surface area (Å²) in [6.07, 6.45) is 0.763. The molecule has 0 spiro atoms. The van der Waals surface area contributed by atoms with E-state index in [1.165, 1.54) is 22.9 Å². The normalized spacial score (nSPS) is 19.1. The Balaban J connectivity index is 1.35. The highest BCUT2D eigenvalue weighted by atomic mass is 32.2. The molecule has 2 atom stereocenters. The summed E-state index contributed by atoms with van der Waals surface area (Å²) in [5, 5.41) is 9.70. The number of rotatable bonds is 5. The largest absolute Gasteiger partial charge is 0.326 e. The molecule has 0 aliphatic carbocycles. The number of nitrogens with zero attached hydrogens (tertiary/aromatic N) is 3. The number of hydrazone groups is 1. The van der Waals surface area contributed by atoms with Gasteiger partial charge in [0.2, 0.25) is 5.91 Å². The first-order valence-corrected chi connectivity index (χ1v) is 13.3. The number of nitrogens with one attached hydrogen (secondary N) is 1. The molecular formula is C30H30N4O2S. The number of carbonyl (C=O) groups is 2. The molecule has 0 saturated carbocycles. The minimum Gasteiger partial charge on any atom is -0.326 e. The lowest BCUT2D eigenvalue weighted by Gasteiger charge is -2.23. The van der Waals surface area contributed by atoms with Gasteiger partial charge in [-0.1, -0.05) is 77.5 Å². The van der Waals surface area contributed by atoms with Gasteiger partial charge in [-0.2, -0.15) is 10.1 Å². The number of amidine groups is 1. The Labute approximate surface area is 221 Å². The highest BCUT2D eigenvalue weighted by molar-refractivity contribution is 8.15. The number of carbonyl (C=O) groups excluding carboxylic acids is 2. The van der Waals surface area contributed by atoms with Crippen LogP contribution in [0.1, 0.15) is 52.3 Å². The van der Waals surface area contributed by atoms with Crippen molar-refractivity contribution in [2.75, 3.05) is 5.32 Å². The van der Waals surface area contributed by atoms with Gasteiger partial charge in [0.05, 0.1) is 11.8 Å². The summed E-state index contributed by atoms with van der Waals surface area (Å²) in [7, 11) is 0. The minimum absolute atomic E-state index is 0.0566. The molecule has 2 aliphatic rings. The Hall–Kier alpha value is -3.71. The van der Waals surface area contributed by atoms with E-state index in [2.05, 4.69) is 78.8 Å². The van der Waals surface area contributed by atoms with Crippen molar-refractivity contribution in [3.63, 3.8) is 0 Å². The first-order valence-electron chi connectivity index (χ1n) is 12.4. The van der Waals surface area contributed by atoms with Crippen LogP contribution < -0.4 is 5.32 Å². The number of aliphatic imine (C=N–C) groups is 1. The van der Waals surface area contributed by atoms with E-state index in [0.717, 1.165) is 33.7 Å². The summed E-state index contributed by atoms with van der Waals surface area (Å²) in [6, 6.07) is 22.6. The summed E-state index contributed by atoms with van der Waals surface area (Å²) in [4.78, 5) is 30.0. The second-order valence-corrected chi connectivity index (χ2v) is 11.0. The SMILES string of the molecule is Cc1ccc(C2=NN(C3=NC(=O)[C@@H](CC(=O)Nc4cc(C)cc(C)c4)S3)[C@H](c3ccc(C)cc3)C2)cc1. The Kier molecular flexibility index (Phi) is 6.98. The van der Waals surface area contributed by atoms with Gasteiger partial charge >= 0.3 is 0 Å². The van der Waals surface area contributed by atoms with Crippen molar-refractivity contribution < 1.29 is 9.59 Å². The van der Waals surface area contributed by atoms with Gasteiger partial charge in [-0.15, -0.1) is 0 Å². The third-order valence-electron chi connectivity index (χ3n) is 6.56. The Bertz CT molecular complexity index is 1390. The predicted octanol–water partition coefficient (Wildman–Crippen LogP) is 6.10. The van der Waals surface area contributed by atoms with Crippen LogP contribution in [0.15, 0.2) is 76.8 Å². The average molecular weight is 511 g/mol. The molecule has 0 aromatic heterocycles. The van der Waals surface area contributed by atoms with Crippen LogP contribution in [0.3, 0.4) is 0 Å². The Morgan fingerprint density at radius 3 is 2.19 bits per heavy atom. The summed E-state index contributed by atoms with van der Waals surface area (Å²) in [5.74, 6) is -0.495. The van der Waals surface area contributed by atoms with E-state index in [9.17, 15) is 9.59 Å². The lowest BCUT2D eigenvalue weighted by molar-refractivity contribution is -0.121. The first-order chi connectivity index (χ1) is 17.7. The van der Waals surface area contributed by atoms with E-state index < -0.39 is 5.25 Å². The fourth-order valence-electron chi connectivity index (χ4n) is 4.69. The molecular weight excluding hydrogens is 480 g/mol. The third-order valence-corrected chi connectivity index (χ3v) is 7.70. The topological polar surface area (TPSA) is 74.1 Å². The van der Waals surface area contributed by atoms with E-state index in [1.807, 2.05) is 31.0 Å². The molecule has 188 valence electrons. The van der Waals surface area contributed by atoms with E-state index in [0.29, 0.717) is 11.6 Å². The van der Waals surface area contributed by atoms with Crippen LogP contribution in [-0.4, -0.2) is 33.0 Å². The molecule has 0 saturated heterocycles. The molecule has 2 aliphatic heterocycles. The molecule has 37 heavy (non-hydrogen) atoms. The quantitative estimate of drug-likeness (QED) is 0.450. The molecule has 0 unspecified atom stereocenters. The van der Waals surface area contributed by atoms with Crippen molar-refractivity contribution in [2.45, 2.75) is 51.8 Å². The van der Waals surface area contributed by atoms with Crippen molar-refractivity contribution in [1.29, 1.82) is 0 Å². The van der Waals surface area contributed by atoms with Crippen molar-refractivity contribution >= 4 is 40.1 Å². The zero-order chi connectivity index (χ0) is 26.1. The van der Waals surface area contributed by atoms with Crippen molar-refractivity contribution in [3.8, 4) is 0 Å². The maximum absolute atomic E-state index is 12.9. The summed E-state index contributed by atoms with van der Waals surface area (Å²) >= 11 is 1.32. The standard InChI is InChI=1S/C30H30N4O2S/c1-18-5-9-22(10-6-18)25-16-26(23-11-7-19(2)8-12-23)34(33-25)30-32-29(36)27(37-30)17-28(35)31-24-14-20(3)13-21(4)15-24/h5-15,26-27H,16-17H2,1-4H3,(H,31,35)/t26-,27+/m0/s1. The van der Waals surface area contributed by atoms with Gasteiger partial charge in [0.15, 0.2) is 5.17 Å². The molecule has 7 heteroatoms. The monoisotopic (exact) mass is 510 g/mol. The highest BCUT2D eigenvalue weighted by Gasteiger charge is 2.39. The molecule has 0 bridgehead atoms. The Morgan fingerprint density at radius 1 is 0.919 bits per heavy atom. The van der Waals surface area contributed by atoms with Gasteiger partial charge in [-0.05, 0) is 62.1 Å². The average Bonchev–Trinajstić information content (AvgIpc) is 3.43. The van der Waals surface area contributed by atoms with Crippen LogP contribution >= 0.6 is 11.8 Å². The molecule has 5 rings (SSSR count). The number of amides is 2. The van der Waals surface area contributed by atoms with Crippen LogP contribution in [-0.2, 0) is 9.59 Å². The van der Waals surface area contributed by atoms with Crippen LogP contribution in [0.4, 0.5) is 5.69 Å². The van der Waals surface area contributed by atoms with E-state index in [4.69, 9.17) is 5.10 Å². The minimum atomic E-state index is -0.571. The number of hydrogen-bond acceptors (Lipinski definition) is 5. The second-order valence-electron chi connectivity index (χ2n) is 9.86. The van der Waals surface area contributed by atoms with Crippen molar-refractivity contribution in [3.05, 3.63) is 100 Å². The van der Waals surface area contributed by atoms with E-state index >= 15 is 0 Å². The van der Waals surface area contributed by atoms with Crippen molar-refractivity contribution in [2.24, 2.45) is 10.1 Å². The van der Waals surface area contributed by atoms with E-state index in [1.54, 1.807) is 0 Å². The lowest BCUT2D eigenvalue weighted by Crippen LogP contribution is -2.25. The van der Waals surface area contributed by atoms with Crippen molar-refractivity contribution in [1.82, 2.24) is 5.01 Å². The zero-order valence-corrected chi connectivity index (χ0v) is 22.3. The third kappa shape index (κ3) is 5.67. The highest BCUT2D eigenvalue weighted by Crippen LogP contribution is 2.38. The number of benzene rings is 3. The zero-order valence-electron chi connectivity index (χ0n) is 21.5. The molecule has 0 fully saturated rings. The molecule has 1 N–H and O–H groups in total. The van der Waals surface area contributed by atoms with Gasteiger partial charge < -0.3 is 5.32 Å². The molecule has 2 amide bonds. The lowest BCUT2D eigenvalue weighted by atomic mass is 9.97. The summed E-state index contributed by atoms with van der Waals surface area (Å²) in [5.41, 5.74) is 8.40. The second kappa shape index (κ2) is 10.3. The molecule has 0 radical (unpaired) electrons. The maximum Gasteiger partial charge on any atom is 0.262 e. The van der Waals surface area contributed by atoms with Gasteiger partial charge in [0, 0.05) is 18.5 Å². The van der Waals surface area contributed by atoms with Gasteiger partial charge in [-0.25, -0.2) is 5.01 Å². The molecule has 2 heterocycles.